The highest BCUT2D eigenvalue weighted by Gasteiger charge is 2.06. The second kappa shape index (κ2) is 9.30. The first-order chi connectivity index (χ1) is 11.6. The van der Waals surface area contributed by atoms with Crippen molar-refractivity contribution in [2.75, 3.05) is 20.3 Å². The van der Waals surface area contributed by atoms with E-state index in [-0.39, 0.29) is 0 Å². The van der Waals surface area contributed by atoms with Crippen LogP contribution in [0.25, 0.3) is 6.08 Å². The summed E-state index contributed by atoms with van der Waals surface area (Å²) < 4.78 is 16.2. The molecule has 0 aliphatic carbocycles. The quantitative estimate of drug-likeness (QED) is 0.656. The Morgan fingerprint density at radius 1 is 1.25 bits per heavy atom. The fourth-order valence-corrected chi connectivity index (χ4v) is 2.29. The van der Waals surface area contributed by atoms with Gasteiger partial charge in [-0.2, -0.15) is 0 Å². The maximum absolute atomic E-state index is 6.20. The lowest BCUT2D eigenvalue weighted by atomic mass is 10.1. The van der Waals surface area contributed by atoms with Crippen LogP contribution in [-0.2, 0) is 4.74 Å². The van der Waals surface area contributed by atoms with E-state index in [0.717, 1.165) is 5.56 Å². The molecule has 2 rings (SSSR count). The topological polar surface area (TPSA) is 40.6 Å². The zero-order valence-electron chi connectivity index (χ0n) is 14.2. The van der Waals surface area contributed by atoms with Crippen LogP contribution in [0, 0.1) is 5.92 Å². The molecule has 0 aliphatic rings. The maximum atomic E-state index is 6.20. The number of aromatic nitrogens is 1. The molecule has 128 valence electrons. The first-order valence-electron chi connectivity index (χ1n) is 7.85. The summed E-state index contributed by atoms with van der Waals surface area (Å²) >= 11 is 6.20. The molecule has 1 aromatic carbocycles. The molecule has 0 aliphatic heterocycles. The number of ether oxygens (including phenoxy) is 3. The molecule has 0 radical (unpaired) electrons. The van der Waals surface area contributed by atoms with Gasteiger partial charge in [0.15, 0.2) is 0 Å². The summed E-state index contributed by atoms with van der Waals surface area (Å²) in [5.41, 5.74) is 1.00. The van der Waals surface area contributed by atoms with Crippen LogP contribution in [0.15, 0.2) is 42.6 Å². The fraction of sp³-hybridized carbons (Fsp3) is 0.316. The third-order valence-corrected chi connectivity index (χ3v) is 3.53. The van der Waals surface area contributed by atoms with Gasteiger partial charge in [0.25, 0.3) is 0 Å². The van der Waals surface area contributed by atoms with E-state index in [1.54, 1.807) is 25.4 Å². The number of hydrogen-bond donors (Lipinski definition) is 0. The average molecular weight is 348 g/mol. The summed E-state index contributed by atoms with van der Waals surface area (Å²) in [6, 6.07) is 9.08. The van der Waals surface area contributed by atoms with Gasteiger partial charge in [0.2, 0.25) is 5.88 Å². The molecule has 0 spiro atoms. The smallest absolute Gasteiger partial charge is 0.219 e. The van der Waals surface area contributed by atoms with Crippen molar-refractivity contribution in [1.29, 1.82) is 0 Å². The Morgan fingerprint density at radius 2 is 2.08 bits per heavy atom. The molecule has 4 nitrogen and oxygen atoms in total. The Balaban J connectivity index is 2.01. The summed E-state index contributed by atoms with van der Waals surface area (Å²) in [5.74, 6) is 2.11. The SMILES string of the molecule is CCOc1ccc(Oc2ccc(/C=C/C(C)COC)cn2)c(Cl)c1. The lowest BCUT2D eigenvalue weighted by Gasteiger charge is -2.09. The molecule has 24 heavy (non-hydrogen) atoms. The van der Waals surface area contributed by atoms with Crippen molar-refractivity contribution >= 4 is 17.7 Å². The molecule has 2 aromatic rings. The van der Waals surface area contributed by atoms with Gasteiger partial charge < -0.3 is 14.2 Å². The summed E-state index contributed by atoms with van der Waals surface area (Å²) in [5, 5.41) is 0.486. The van der Waals surface area contributed by atoms with Crippen LogP contribution in [0.3, 0.4) is 0 Å². The van der Waals surface area contributed by atoms with Gasteiger partial charge in [0.1, 0.15) is 11.5 Å². The largest absolute Gasteiger partial charge is 0.494 e. The van der Waals surface area contributed by atoms with Crippen LogP contribution in [-0.4, -0.2) is 25.3 Å². The minimum Gasteiger partial charge on any atom is -0.494 e. The van der Waals surface area contributed by atoms with Crippen molar-refractivity contribution in [1.82, 2.24) is 4.98 Å². The molecule has 0 bridgehead atoms. The zero-order valence-corrected chi connectivity index (χ0v) is 14.9. The Bertz CT molecular complexity index is 671. The van der Waals surface area contributed by atoms with Crippen molar-refractivity contribution in [3.8, 4) is 17.4 Å². The molecule has 1 atom stereocenters. The number of hydrogen-bond acceptors (Lipinski definition) is 4. The van der Waals surface area contributed by atoms with Gasteiger partial charge in [-0.05, 0) is 36.6 Å². The molecule has 0 saturated carbocycles. The summed E-state index contributed by atoms with van der Waals surface area (Å²) in [4.78, 5) is 4.30. The highest BCUT2D eigenvalue weighted by atomic mass is 35.5. The third kappa shape index (κ3) is 5.55. The standard InChI is InChI=1S/C19H22ClNO3/c1-4-23-16-8-9-18(17(20)11-16)24-19-10-7-15(12-21-19)6-5-14(2)13-22-3/h5-12,14H,4,13H2,1-3H3/b6-5+. The van der Waals surface area contributed by atoms with Crippen molar-refractivity contribution in [2.45, 2.75) is 13.8 Å². The van der Waals surface area contributed by atoms with Crippen LogP contribution < -0.4 is 9.47 Å². The van der Waals surface area contributed by atoms with Gasteiger partial charge >= 0.3 is 0 Å². The maximum Gasteiger partial charge on any atom is 0.219 e. The number of halogens is 1. The number of benzene rings is 1. The van der Waals surface area contributed by atoms with E-state index >= 15 is 0 Å². The lowest BCUT2D eigenvalue weighted by molar-refractivity contribution is 0.176. The molecule has 0 fully saturated rings. The fourth-order valence-electron chi connectivity index (χ4n) is 2.08. The molecule has 0 amide bonds. The van der Waals surface area contributed by atoms with Crippen LogP contribution in [0.2, 0.25) is 5.02 Å². The first-order valence-corrected chi connectivity index (χ1v) is 8.23. The van der Waals surface area contributed by atoms with Crippen LogP contribution in [0.1, 0.15) is 19.4 Å². The number of methoxy groups -OCH3 is 1. The van der Waals surface area contributed by atoms with Gasteiger partial charge in [0, 0.05) is 25.4 Å². The highest BCUT2D eigenvalue weighted by Crippen LogP contribution is 2.31. The van der Waals surface area contributed by atoms with E-state index in [1.807, 2.05) is 31.2 Å². The number of rotatable bonds is 8. The van der Waals surface area contributed by atoms with Crippen molar-refractivity contribution < 1.29 is 14.2 Å². The van der Waals surface area contributed by atoms with E-state index in [2.05, 4.69) is 18.0 Å². The van der Waals surface area contributed by atoms with E-state index in [0.29, 0.717) is 41.5 Å². The molecule has 5 heteroatoms. The van der Waals surface area contributed by atoms with Gasteiger partial charge in [0.05, 0.1) is 18.2 Å². The van der Waals surface area contributed by atoms with Gasteiger partial charge in [-0.3, -0.25) is 0 Å². The second-order valence-electron chi connectivity index (χ2n) is 5.35. The van der Waals surface area contributed by atoms with E-state index < -0.39 is 0 Å². The second-order valence-corrected chi connectivity index (χ2v) is 5.76. The third-order valence-electron chi connectivity index (χ3n) is 3.23. The number of nitrogens with zero attached hydrogens (tertiary/aromatic N) is 1. The number of pyridine rings is 1. The molecule has 0 saturated heterocycles. The molecular formula is C19H22ClNO3. The summed E-state index contributed by atoms with van der Waals surface area (Å²) in [7, 11) is 1.70. The van der Waals surface area contributed by atoms with Crippen molar-refractivity contribution in [3.63, 3.8) is 0 Å². The molecule has 0 N–H and O–H groups in total. The predicted octanol–water partition coefficient (Wildman–Crippen LogP) is 5.22. The molecular weight excluding hydrogens is 326 g/mol. The minimum atomic E-state index is 0.355. The van der Waals surface area contributed by atoms with Crippen LogP contribution >= 0.6 is 11.6 Å². The van der Waals surface area contributed by atoms with E-state index in [4.69, 9.17) is 25.8 Å². The summed E-state index contributed by atoms with van der Waals surface area (Å²) in [6.07, 6.45) is 5.86. The Hall–Kier alpha value is -2.04. The van der Waals surface area contributed by atoms with Crippen molar-refractivity contribution in [2.24, 2.45) is 5.92 Å². The first kappa shape index (κ1) is 18.3. The molecule has 1 heterocycles. The Kier molecular flexibility index (Phi) is 7.09. The monoisotopic (exact) mass is 347 g/mol. The average Bonchev–Trinajstić information content (AvgIpc) is 2.57. The molecule has 1 aromatic heterocycles. The molecule has 1 unspecified atom stereocenters. The van der Waals surface area contributed by atoms with E-state index in [1.165, 1.54) is 0 Å². The van der Waals surface area contributed by atoms with Gasteiger partial charge in [-0.1, -0.05) is 30.7 Å². The van der Waals surface area contributed by atoms with Crippen molar-refractivity contribution in [3.05, 3.63) is 53.2 Å². The van der Waals surface area contributed by atoms with Gasteiger partial charge in [-0.15, -0.1) is 0 Å². The normalized spacial score (nSPS) is 12.3. The predicted molar refractivity (Wildman–Crippen MR) is 97.0 cm³/mol. The van der Waals surface area contributed by atoms with E-state index in [9.17, 15) is 0 Å². The lowest BCUT2D eigenvalue weighted by Crippen LogP contribution is -1.98. The Labute approximate surface area is 148 Å². The summed E-state index contributed by atoms with van der Waals surface area (Å²) in [6.45, 7) is 5.31. The highest BCUT2D eigenvalue weighted by molar-refractivity contribution is 6.32. The van der Waals surface area contributed by atoms with Crippen LogP contribution in [0.4, 0.5) is 0 Å². The Morgan fingerprint density at radius 3 is 2.71 bits per heavy atom. The zero-order chi connectivity index (χ0) is 17.4. The minimum absolute atomic E-state index is 0.355. The van der Waals surface area contributed by atoms with Crippen LogP contribution in [0.5, 0.6) is 17.4 Å². The van der Waals surface area contributed by atoms with Gasteiger partial charge in [-0.25, -0.2) is 4.98 Å².